The number of benzene rings is 1. The standard InChI is InChI=1S/C18H16N2O3S/c21-13-8-9-20(11-13)18(22)16-15(12-5-2-1-3-6-12)19-17(24-16)14-7-4-10-23-14/h1-7,10,13,21H,8-9,11H2/t13-/m0/s1. The van der Waals surface area contributed by atoms with Gasteiger partial charge in [0, 0.05) is 18.7 Å². The van der Waals surface area contributed by atoms with Gasteiger partial charge in [0.2, 0.25) is 0 Å². The lowest BCUT2D eigenvalue weighted by Gasteiger charge is -2.14. The minimum absolute atomic E-state index is 0.0827. The lowest BCUT2D eigenvalue weighted by atomic mass is 10.1. The van der Waals surface area contributed by atoms with Crippen LogP contribution in [0.1, 0.15) is 16.1 Å². The molecule has 0 aliphatic carbocycles. The maximum atomic E-state index is 12.9. The summed E-state index contributed by atoms with van der Waals surface area (Å²) in [7, 11) is 0. The Kier molecular flexibility index (Phi) is 3.92. The van der Waals surface area contributed by atoms with Crippen molar-refractivity contribution in [2.24, 2.45) is 0 Å². The number of aliphatic hydroxyl groups excluding tert-OH is 1. The van der Waals surface area contributed by atoms with E-state index in [2.05, 4.69) is 4.98 Å². The molecule has 1 atom stereocenters. The normalized spacial score (nSPS) is 17.4. The molecule has 2 aromatic heterocycles. The molecule has 0 radical (unpaired) electrons. The second-order valence-corrected chi connectivity index (χ2v) is 6.73. The van der Waals surface area contributed by atoms with Crippen LogP contribution in [-0.4, -0.2) is 40.1 Å². The van der Waals surface area contributed by atoms with E-state index >= 15 is 0 Å². The van der Waals surface area contributed by atoms with Crippen molar-refractivity contribution in [2.75, 3.05) is 13.1 Å². The summed E-state index contributed by atoms with van der Waals surface area (Å²) in [5.74, 6) is 0.568. The number of furan rings is 1. The molecule has 1 fully saturated rings. The van der Waals surface area contributed by atoms with Gasteiger partial charge in [-0.1, -0.05) is 30.3 Å². The summed E-state index contributed by atoms with van der Waals surface area (Å²) < 4.78 is 5.43. The number of amides is 1. The average molecular weight is 340 g/mol. The highest BCUT2D eigenvalue weighted by atomic mass is 32.1. The fourth-order valence-corrected chi connectivity index (χ4v) is 3.86. The minimum atomic E-state index is -0.438. The first-order chi connectivity index (χ1) is 11.7. The summed E-state index contributed by atoms with van der Waals surface area (Å²) in [5.41, 5.74) is 1.56. The van der Waals surface area contributed by atoms with E-state index < -0.39 is 6.10 Å². The molecule has 3 heterocycles. The summed E-state index contributed by atoms with van der Waals surface area (Å²) in [5, 5.41) is 10.4. The lowest BCUT2D eigenvalue weighted by Crippen LogP contribution is -2.29. The van der Waals surface area contributed by atoms with Crippen LogP contribution in [0.3, 0.4) is 0 Å². The fraction of sp³-hybridized carbons (Fsp3) is 0.222. The van der Waals surface area contributed by atoms with Crippen molar-refractivity contribution in [1.29, 1.82) is 0 Å². The number of likely N-dealkylation sites (tertiary alicyclic amines) is 1. The number of carbonyl (C=O) groups excluding carboxylic acids is 1. The van der Waals surface area contributed by atoms with Crippen molar-refractivity contribution in [3.05, 3.63) is 53.6 Å². The Balaban J connectivity index is 1.78. The number of aliphatic hydroxyl groups is 1. The zero-order valence-corrected chi connectivity index (χ0v) is 13.7. The molecule has 6 heteroatoms. The number of nitrogens with zero attached hydrogens (tertiary/aromatic N) is 2. The van der Waals surface area contributed by atoms with Gasteiger partial charge in [-0.25, -0.2) is 4.98 Å². The molecule has 0 saturated carbocycles. The van der Waals surface area contributed by atoms with Crippen molar-refractivity contribution >= 4 is 17.2 Å². The zero-order valence-electron chi connectivity index (χ0n) is 12.9. The smallest absolute Gasteiger partial charge is 0.266 e. The molecule has 0 bridgehead atoms. The number of aromatic nitrogens is 1. The van der Waals surface area contributed by atoms with Crippen LogP contribution < -0.4 is 0 Å². The maximum Gasteiger partial charge on any atom is 0.266 e. The summed E-state index contributed by atoms with van der Waals surface area (Å²) in [4.78, 5) is 19.8. The molecule has 4 rings (SSSR count). The Morgan fingerprint density at radius 3 is 2.75 bits per heavy atom. The number of carbonyl (C=O) groups is 1. The van der Waals surface area contributed by atoms with Gasteiger partial charge in [0.15, 0.2) is 10.8 Å². The summed E-state index contributed by atoms with van der Waals surface area (Å²) in [6.07, 6.45) is 1.78. The van der Waals surface area contributed by atoms with Gasteiger partial charge in [-0.3, -0.25) is 4.79 Å². The van der Waals surface area contributed by atoms with Crippen molar-refractivity contribution in [2.45, 2.75) is 12.5 Å². The molecule has 1 N–H and O–H groups in total. The Hall–Kier alpha value is -2.44. The molecule has 5 nitrogen and oxygen atoms in total. The first kappa shape index (κ1) is 15.1. The third-order valence-corrected chi connectivity index (χ3v) is 5.11. The van der Waals surface area contributed by atoms with Gasteiger partial charge < -0.3 is 14.4 Å². The van der Waals surface area contributed by atoms with E-state index in [1.165, 1.54) is 11.3 Å². The minimum Gasteiger partial charge on any atom is -0.462 e. The van der Waals surface area contributed by atoms with Crippen LogP contribution in [0.25, 0.3) is 22.0 Å². The van der Waals surface area contributed by atoms with Gasteiger partial charge in [0.05, 0.1) is 18.1 Å². The molecular weight excluding hydrogens is 324 g/mol. The molecule has 1 aromatic carbocycles. The van der Waals surface area contributed by atoms with Gasteiger partial charge in [-0.2, -0.15) is 0 Å². The Bertz CT molecular complexity index is 843. The first-order valence-corrected chi connectivity index (χ1v) is 8.61. The van der Waals surface area contributed by atoms with E-state index in [4.69, 9.17) is 4.42 Å². The number of hydrogen-bond acceptors (Lipinski definition) is 5. The molecule has 1 amide bonds. The Morgan fingerprint density at radius 1 is 1.25 bits per heavy atom. The molecule has 0 unspecified atom stereocenters. The highest BCUT2D eigenvalue weighted by molar-refractivity contribution is 7.17. The third kappa shape index (κ3) is 2.74. The van der Waals surface area contributed by atoms with Crippen LogP contribution in [0, 0.1) is 0 Å². The lowest BCUT2D eigenvalue weighted by molar-refractivity contribution is 0.0770. The van der Waals surface area contributed by atoms with E-state index in [0.717, 1.165) is 5.56 Å². The van der Waals surface area contributed by atoms with Crippen LogP contribution in [-0.2, 0) is 0 Å². The van der Waals surface area contributed by atoms with Crippen molar-refractivity contribution in [3.8, 4) is 22.0 Å². The van der Waals surface area contributed by atoms with E-state index in [9.17, 15) is 9.90 Å². The quantitative estimate of drug-likeness (QED) is 0.794. The van der Waals surface area contributed by atoms with Crippen molar-refractivity contribution < 1.29 is 14.3 Å². The number of thiazole rings is 1. The van der Waals surface area contributed by atoms with E-state index in [0.29, 0.717) is 40.8 Å². The van der Waals surface area contributed by atoms with Crippen LogP contribution in [0.4, 0.5) is 0 Å². The van der Waals surface area contributed by atoms with Gasteiger partial charge >= 0.3 is 0 Å². The topological polar surface area (TPSA) is 66.6 Å². The fourth-order valence-electron chi connectivity index (χ4n) is 2.83. The molecule has 1 aliphatic heterocycles. The zero-order chi connectivity index (χ0) is 16.5. The van der Waals surface area contributed by atoms with E-state index in [1.807, 2.05) is 36.4 Å². The molecule has 122 valence electrons. The van der Waals surface area contributed by atoms with Gasteiger partial charge in [0.25, 0.3) is 5.91 Å². The molecule has 0 spiro atoms. The van der Waals surface area contributed by atoms with Crippen molar-refractivity contribution in [1.82, 2.24) is 9.88 Å². The Morgan fingerprint density at radius 2 is 2.08 bits per heavy atom. The molecule has 3 aromatic rings. The summed E-state index contributed by atoms with van der Waals surface area (Å²) in [6.45, 7) is 0.948. The second kappa shape index (κ2) is 6.22. The van der Waals surface area contributed by atoms with Gasteiger partial charge in [0.1, 0.15) is 4.88 Å². The largest absolute Gasteiger partial charge is 0.462 e. The van der Waals surface area contributed by atoms with E-state index in [-0.39, 0.29) is 5.91 Å². The predicted octanol–water partition coefficient (Wildman–Crippen LogP) is 3.28. The van der Waals surface area contributed by atoms with Crippen molar-refractivity contribution in [3.63, 3.8) is 0 Å². The van der Waals surface area contributed by atoms with Gasteiger partial charge in [-0.15, -0.1) is 11.3 Å². The van der Waals surface area contributed by atoms with Crippen LogP contribution in [0.2, 0.25) is 0 Å². The summed E-state index contributed by atoms with van der Waals surface area (Å²) in [6, 6.07) is 13.3. The third-order valence-electron chi connectivity index (χ3n) is 4.05. The Labute approximate surface area is 143 Å². The predicted molar refractivity (Wildman–Crippen MR) is 91.8 cm³/mol. The van der Waals surface area contributed by atoms with Gasteiger partial charge in [-0.05, 0) is 18.6 Å². The molecule has 1 saturated heterocycles. The molecule has 1 aliphatic rings. The number of rotatable bonds is 3. The number of hydrogen-bond donors (Lipinski definition) is 1. The molecular formula is C18H16N2O3S. The highest BCUT2D eigenvalue weighted by Gasteiger charge is 2.30. The maximum absolute atomic E-state index is 12.9. The monoisotopic (exact) mass is 340 g/mol. The average Bonchev–Trinajstić information content (AvgIpc) is 3.35. The second-order valence-electron chi connectivity index (χ2n) is 5.73. The first-order valence-electron chi connectivity index (χ1n) is 7.80. The van der Waals surface area contributed by atoms with Crippen LogP contribution in [0.15, 0.2) is 53.1 Å². The summed E-state index contributed by atoms with van der Waals surface area (Å²) >= 11 is 1.33. The SMILES string of the molecule is O=C(c1sc(-c2ccco2)nc1-c1ccccc1)N1CC[C@H](O)C1. The molecule has 24 heavy (non-hydrogen) atoms. The van der Waals surface area contributed by atoms with E-state index in [1.54, 1.807) is 17.2 Å². The van der Waals surface area contributed by atoms with Crippen LogP contribution >= 0.6 is 11.3 Å². The number of β-amino-alcohol motifs (C(OH)–C–C–N with tert-alkyl or cyclic N) is 1. The van der Waals surface area contributed by atoms with Crippen LogP contribution in [0.5, 0.6) is 0 Å². The highest BCUT2D eigenvalue weighted by Crippen LogP contribution is 2.35.